The molecule has 0 aliphatic heterocycles. The normalized spacial score (nSPS) is 25.2. The second kappa shape index (κ2) is 5.11. The van der Waals surface area contributed by atoms with Crippen LogP contribution >= 0.6 is 0 Å². The zero-order valence-corrected chi connectivity index (χ0v) is 9.65. The quantitative estimate of drug-likeness (QED) is 0.784. The van der Waals surface area contributed by atoms with Gasteiger partial charge in [-0.3, -0.25) is 0 Å². The molecule has 86 valence electrons. The van der Waals surface area contributed by atoms with Gasteiger partial charge >= 0.3 is 0 Å². The Morgan fingerprint density at radius 1 is 1.38 bits per heavy atom. The van der Waals surface area contributed by atoms with Crippen molar-refractivity contribution in [3.8, 4) is 6.07 Å². The second-order valence-corrected chi connectivity index (χ2v) is 4.51. The minimum atomic E-state index is 0.220. The maximum atomic E-state index is 8.53. The largest absolute Gasteiger partial charge is 0.338 e. The van der Waals surface area contributed by atoms with Gasteiger partial charge in [-0.1, -0.05) is 18.5 Å². The minimum absolute atomic E-state index is 0.220. The zero-order chi connectivity index (χ0) is 11.4. The first-order chi connectivity index (χ1) is 7.83. The van der Waals surface area contributed by atoms with Gasteiger partial charge in [0.25, 0.3) is 0 Å². The Labute approximate surface area is 95.7 Å². The van der Waals surface area contributed by atoms with Crippen molar-refractivity contribution in [3.05, 3.63) is 11.7 Å². The third-order valence-corrected chi connectivity index (χ3v) is 3.50. The summed E-state index contributed by atoms with van der Waals surface area (Å²) in [5.74, 6) is 2.58. The highest BCUT2D eigenvalue weighted by Gasteiger charge is 2.24. The molecule has 0 unspecified atom stereocenters. The van der Waals surface area contributed by atoms with E-state index in [0.717, 1.165) is 24.6 Å². The number of rotatable bonds is 3. The van der Waals surface area contributed by atoms with Crippen LogP contribution in [-0.2, 0) is 6.42 Å². The summed E-state index contributed by atoms with van der Waals surface area (Å²) in [5.41, 5.74) is 0. The maximum absolute atomic E-state index is 8.53. The van der Waals surface area contributed by atoms with E-state index in [1.165, 1.54) is 19.3 Å². The summed E-state index contributed by atoms with van der Waals surface area (Å²) in [7, 11) is 0. The minimum Gasteiger partial charge on any atom is -0.338 e. The van der Waals surface area contributed by atoms with E-state index < -0.39 is 0 Å². The average Bonchev–Trinajstić information content (AvgIpc) is 2.78. The Balaban J connectivity index is 1.95. The molecule has 1 aliphatic carbocycles. The van der Waals surface area contributed by atoms with Crippen LogP contribution in [0.2, 0.25) is 0 Å². The molecule has 0 atom stereocenters. The number of hydrogen-bond acceptors (Lipinski definition) is 4. The van der Waals surface area contributed by atoms with Gasteiger partial charge in [0.05, 0.1) is 6.07 Å². The molecule has 2 rings (SSSR count). The van der Waals surface area contributed by atoms with Gasteiger partial charge in [0.1, 0.15) is 6.42 Å². The van der Waals surface area contributed by atoms with E-state index >= 15 is 0 Å². The average molecular weight is 219 g/mol. The molecule has 0 aromatic carbocycles. The predicted molar refractivity (Wildman–Crippen MR) is 58.6 cm³/mol. The Morgan fingerprint density at radius 2 is 2.12 bits per heavy atom. The molecule has 0 N–H and O–H groups in total. The fraction of sp³-hybridized carbons (Fsp3) is 0.750. The first-order valence-corrected chi connectivity index (χ1v) is 6.03. The summed E-state index contributed by atoms with van der Waals surface area (Å²) in [5, 5.41) is 12.5. The van der Waals surface area contributed by atoms with E-state index in [2.05, 4.69) is 17.1 Å². The summed E-state index contributed by atoms with van der Waals surface area (Å²) >= 11 is 0. The Hall–Kier alpha value is -1.37. The Kier molecular flexibility index (Phi) is 3.55. The zero-order valence-electron chi connectivity index (χ0n) is 9.65. The number of hydrogen-bond donors (Lipinski definition) is 0. The van der Waals surface area contributed by atoms with Gasteiger partial charge in [-0.2, -0.15) is 10.2 Å². The summed E-state index contributed by atoms with van der Waals surface area (Å²) in [6, 6.07) is 2.02. The lowest BCUT2D eigenvalue weighted by Gasteiger charge is -2.25. The van der Waals surface area contributed by atoms with Gasteiger partial charge in [0, 0.05) is 5.92 Å². The molecule has 0 saturated heterocycles. The highest BCUT2D eigenvalue weighted by Crippen LogP contribution is 2.35. The first kappa shape index (κ1) is 11.1. The first-order valence-electron chi connectivity index (χ1n) is 6.03. The van der Waals surface area contributed by atoms with E-state index in [1.54, 1.807) is 0 Å². The third kappa shape index (κ3) is 2.41. The molecular weight excluding hydrogens is 202 g/mol. The fourth-order valence-corrected chi connectivity index (χ4v) is 2.40. The molecule has 0 bridgehead atoms. The molecule has 16 heavy (non-hydrogen) atoms. The van der Waals surface area contributed by atoms with Crippen molar-refractivity contribution in [3.63, 3.8) is 0 Å². The van der Waals surface area contributed by atoms with Crippen LogP contribution in [0.4, 0.5) is 0 Å². The molecule has 4 nitrogen and oxygen atoms in total. The van der Waals surface area contributed by atoms with Crippen LogP contribution in [0.5, 0.6) is 0 Å². The number of aromatic nitrogens is 2. The molecule has 1 saturated carbocycles. The summed E-state index contributed by atoms with van der Waals surface area (Å²) in [6.07, 6.45) is 6.34. The molecule has 0 spiro atoms. The second-order valence-electron chi connectivity index (χ2n) is 4.51. The SMILES string of the molecule is CCC1CCC(c2noc(CC#N)n2)CC1. The van der Waals surface area contributed by atoms with Crippen LogP contribution in [0.3, 0.4) is 0 Å². The van der Waals surface area contributed by atoms with Crippen molar-refractivity contribution in [1.82, 2.24) is 10.1 Å². The lowest BCUT2D eigenvalue weighted by molar-refractivity contribution is 0.303. The van der Waals surface area contributed by atoms with Gasteiger partial charge in [-0.15, -0.1) is 0 Å². The molecule has 1 aromatic heterocycles. The van der Waals surface area contributed by atoms with Crippen molar-refractivity contribution < 1.29 is 4.52 Å². The lowest BCUT2D eigenvalue weighted by Crippen LogP contribution is -2.13. The van der Waals surface area contributed by atoms with Gasteiger partial charge in [-0.25, -0.2) is 0 Å². The molecule has 4 heteroatoms. The van der Waals surface area contributed by atoms with Gasteiger partial charge in [0.15, 0.2) is 5.82 Å². The van der Waals surface area contributed by atoms with Crippen LogP contribution in [0.15, 0.2) is 4.52 Å². The highest BCUT2D eigenvalue weighted by atomic mass is 16.5. The maximum Gasteiger partial charge on any atom is 0.240 e. The van der Waals surface area contributed by atoms with Crippen LogP contribution in [-0.4, -0.2) is 10.1 Å². The summed E-state index contributed by atoms with van der Waals surface area (Å²) < 4.78 is 5.03. The lowest BCUT2D eigenvalue weighted by atomic mass is 9.80. The topological polar surface area (TPSA) is 62.7 Å². The van der Waals surface area contributed by atoms with E-state index in [0.29, 0.717) is 11.8 Å². The molecule has 1 fully saturated rings. The van der Waals surface area contributed by atoms with Gasteiger partial charge < -0.3 is 4.52 Å². The monoisotopic (exact) mass is 219 g/mol. The van der Waals surface area contributed by atoms with Crippen molar-refractivity contribution in [2.24, 2.45) is 5.92 Å². The van der Waals surface area contributed by atoms with E-state index in [9.17, 15) is 0 Å². The molecule has 1 aliphatic rings. The van der Waals surface area contributed by atoms with Gasteiger partial charge in [0.2, 0.25) is 5.89 Å². The van der Waals surface area contributed by atoms with Crippen molar-refractivity contribution in [1.29, 1.82) is 5.26 Å². The van der Waals surface area contributed by atoms with Crippen LogP contribution in [0.1, 0.15) is 56.7 Å². The van der Waals surface area contributed by atoms with E-state index in [-0.39, 0.29) is 6.42 Å². The third-order valence-electron chi connectivity index (χ3n) is 3.50. The standard InChI is InChI=1S/C12H17N3O/c1-2-9-3-5-10(6-4-9)12-14-11(7-8-13)16-15-12/h9-10H,2-7H2,1H3. The highest BCUT2D eigenvalue weighted by molar-refractivity contribution is 5.00. The molecule has 1 heterocycles. The van der Waals surface area contributed by atoms with Crippen molar-refractivity contribution in [2.75, 3.05) is 0 Å². The van der Waals surface area contributed by atoms with Crippen LogP contribution in [0, 0.1) is 17.2 Å². The predicted octanol–water partition coefficient (Wildman–Crippen LogP) is 2.82. The van der Waals surface area contributed by atoms with Crippen LogP contribution in [0.25, 0.3) is 0 Å². The van der Waals surface area contributed by atoms with Crippen molar-refractivity contribution in [2.45, 2.75) is 51.4 Å². The molecule has 0 amide bonds. The molecule has 0 radical (unpaired) electrons. The number of nitrogens with zero attached hydrogens (tertiary/aromatic N) is 3. The van der Waals surface area contributed by atoms with Crippen LogP contribution < -0.4 is 0 Å². The van der Waals surface area contributed by atoms with Gasteiger partial charge in [-0.05, 0) is 31.6 Å². The van der Waals surface area contributed by atoms with E-state index in [4.69, 9.17) is 9.78 Å². The fourth-order valence-electron chi connectivity index (χ4n) is 2.40. The van der Waals surface area contributed by atoms with E-state index in [1.807, 2.05) is 6.07 Å². The summed E-state index contributed by atoms with van der Waals surface area (Å²) in [6.45, 7) is 2.25. The smallest absolute Gasteiger partial charge is 0.240 e. The summed E-state index contributed by atoms with van der Waals surface area (Å²) in [4.78, 5) is 4.27. The Morgan fingerprint density at radius 3 is 2.75 bits per heavy atom. The molecular formula is C12H17N3O. The van der Waals surface area contributed by atoms with Crippen molar-refractivity contribution >= 4 is 0 Å². The molecule has 1 aromatic rings. The Bertz CT molecular complexity index is 372. The number of nitriles is 1.